The normalized spacial score (nSPS) is 10.3. The van der Waals surface area contributed by atoms with Crippen LogP contribution in [0, 0.1) is 0 Å². The third kappa shape index (κ3) is 4.90. The molecule has 0 spiro atoms. The summed E-state index contributed by atoms with van der Waals surface area (Å²) in [5, 5.41) is 3.43. The highest BCUT2D eigenvalue weighted by Crippen LogP contribution is 2.22. The van der Waals surface area contributed by atoms with E-state index in [1.165, 1.54) is 18.4 Å². The van der Waals surface area contributed by atoms with Gasteiger partial charge in [0.15, 0.2) is 0 Å². The second-order valence-corrected chi connectivity index (χ2v) is 6.20. The lowest BCUT2D eigenvalue weighted by atomic mass is 10.1. The van der Waals surface area contributed by atoms with Crippen molar-refractivity contribution in [3.63, 3.8) is 0 Å². The number of hydrogen-bond donors (Lipinski definition) is 1. The Labute approximate surface area is 148 Å². The van der Waals surface area contributed by atoms with Crippen LogP contribution in [0.5, 0.6) is 5.75 Å². The van der Waals surface area contributed by atoms with Crippen molar-refractivity contribution in [2.24, 2.45) is 0 Å². The van der Waals surface area contributed by atoms with Gasteiger partial charge >= 0.3 is 0 Å². The van der Waals surface area contributed by atoms with Crippen LogP contribution in [0.2, 0.25) is 5.02 Å². The molecular weight excluding hydrogens is 324 g/mol. The molecule has 0 saturated carbocycles. The van der Waals surface area contributed by atoms with Gasteiger partial charge in [-0.1, -0.05) is 23.7 Å². The predicted octanol–water partition coefficient (Wildman–Crippen LogP) is 3.78. The number of hydrogen-bond acceptors (Lipinski definition) is 3. The van der Waals surface area contributed by atoms with Crippen LogP contribution in [0.15, 0.2) is 42.5 Å². The van der Waals surface area contributed by atoms with Crippen molar-refractivity contribution in [3.8, 4) is 5.75 Å². The highest BCUT2D eigenvalue weighted by Gasteiger charge is 2.12. The second kappa shape index (κ2) is 8.60. The SMILES string of the molecule is COc1ccc(Cl)cc1C(=O)NCCCc1ccc(N(C)C)cc1. The molecule has 0 bridgehead atoms. The van der Waals surface area contributed by atoms with Gasteiger partial charge in [-0.3, -0.25) is 4.79 Å². The molecule has 0 saturated heterocycles. The first-order chi connectivity index (χ1) is 11.5. The fraction of sp³-hybridized carbons (Fsp3) is 0.316. The maximum atomic E-state index is 12.3. The van der Waals surface area contributed by atoms with Crippen LogP contribution in [-0.2, 0) is 6.42 Å². The summed E-state index contributed by atoms with van der Waals surface area (Å²) in [5.41, 5.74) is 2.90. The minimum absolute atomic E-state index is 0.169. The standard InChI is InChI=1S/C19H23ClN2O2/c1-22(2)16-9-6-14(7-10-16)5-4-12-21-19(23)17-13-15(20)8-11-18(17)24-3/h6-11,13H,4-5,12H2,1-3H3,(H,21,23). The average Bonchev–Trinajstić information content (AvgIpc) is 2.58. The molecule has 0 aliphatic heterocycles. The molecule has 2 aromatic carbocycles. The Bertz CT molecular complexity index is 684. The minimum Gasteiger partial charge on any atom is -0.496 e. The van der Waals surface area contributed by atoms with Crippen molar-refractivity contribution in [2.45, 2.75) is 12.8 Å². The number of aryl methyl sites for hydroxylation is 1. The monoisotopic (exact) mass is 346 g/mol. The number of carbonyl (C=O) groups excluding carboxylic acids is 1. The number of carbonyl (C=O) groups is 1. The number of amides is 1. The molecule has 0 aliphatic rings. The summed E-state index contributed by atoms with van der Waals surface area (Å²) in [6, 6.07) is 13.5. The lowest BCUT2D eigenvalue weighted by Gasteiger charge is -2.13. The third-order valence-corrected chi connectivity index (χ3v) is 4.02. The summed E-state index contributed by atoms with van der Waals surface area (Å²) in [5.74, 6) is 0.355. The van der Waals surface area contributed by atoms with Crippen LogP contribution in [-0.4, -0.2) is 33.7 Å². The van der Waals surface area contributed by atoms with Crippen LogP contribution in [0.3, 0.4) is 0 Å². The van der Waals surface area contributed by atoms with Crippen molar-refractivity contribution < 1.29 is 9.53 Å². The smallest absolute Gasteiger partial charge is 0.255 e. The number of nitrogens with one attached hydrogen (secondary N) is 1. The zero-order valence-electron chi connectivity index (χ0n) is 14.3. The van der Waals surface area contributed by atoms with E-state index < -0.39 is 0 Å². The van der Waals surface area contributed by atoms with Crippen LogP contribution >= 0.6 is 11.6 Å². The fourth-order valence-electron chi connectivity index (χ4n) is 2.41. The molecule has 0 unspecified atom stereocenters. The first kappa shape index (κ1) is 18.1. The number of anilines is 1. The van der Waals surface area contributed by atoms with E-state index in [9.17, 15) is 4.79 Å². The Morgan fingerprint density at radius 3 is 2.50 bits per heavy atom. The van der Waals surface area contributed by atoms with Crippen LogP contribution < -0.4 is 15.0 Å². The zero-order valence-corrected chi connectivity index (χ0v) is 15.1. The van der Waals surface area contributed by atoms with Gasteiger partial charge in [0, 0.05) is 31.4 Å². The molecule has 5 heteroatoms. The summed E-state index contributed by atoms with van der Waals surface area (Å²) in [6.07, 6.45) is 1.79. The van der Waals surface area contributed by atoms with E-state index in [-0.39, 0.29) is 5.91 Å². The molecular formula is C19H23ClN2O2. The molecule has 1 amide bonds. The number of methoxy groups -OCH3 is 1. The lowest BCUT2D eigenvalue weighted by Crippen LogP contribution is -2.25. The lowest BCUT2D eigenvalue weighted by molar-refractivity contribution is 0.0950. The van der Waals surface area contributed by atoms with E-state index in [2.05, 4.69) is 34.5 Å². The summed E-state index contributed by atoms with van der Waals surface area (Å²) < 4.78 is 5.20. The fourth-order valence-corrected chi connectivity index (χ4v) is 2.58. The number of ether oxygens (including phenoxy) is 1. The number of rotatable bonds is 7. The second-order valence-electron chi connectivity index (χ2n) is 5.76. The molecule has 128 valence electrons. The largest absolute Gasteiger partial charge is 0.496 e. The molecule has 0 aromatic heterocycles. The summed E-state index contributed by atoms with van der Waals surface area (Å²) in [4.78, 5) is 14.3. The van der Waals surface area contributed by atoms with Crippen molar-refractivity contribution in [2.75, 3.05) is 32.6 Å². The van der Waals surface area contributed by atoms with Gasteiger partial charge in [0.2, 0.25) is 0 Å². The van der Waals surface area contributed by atoms with Crippen LogP contribution in [0.4, 0.5) is 5.69 Å². The molecule has 0 aliphatic carbocycles. The Morgan fingerprint density at radius 2 is 1.88 bits per heavy atom. The molecule has 4 nitrogen and oxygen atoms in total. The van der Waals surface area contributed by atoms with Gasteiger partial charge in [0.05, 0.1) is 12.7 Å². The molecule has 0 fully saturated rings. The first-order valence-electron chi connectivity index (χ1n) is 7.89. The van der Waals surface area contributed by atoms with E-state index >= 15 is 0 Å². The van der Waals surface area contributed by atoms with E-state index in [0.29, 0.717) is 22.9 Å². The predicted molar refractivity (Wildman–Crippen MR) is 99.4 cm³/mol. The van der Waals surface area contributed by atoms with Crippen LogP contribution in [0.25, 0.3) is 0 Å². The topological polar surface area (TPSA) is 41.6 Å². The molecule has 0 heterocycles. The van der Waals surface area contributed by atoms with Gasteiger partial charge < -0.3 is 15.0 Å². The summed E-state index contributed by atoms with van der Waals surface area (Å²) >= 11 is 5.96. The van der Waals surface area contributed by atoms with Gasteiger partial charge in [-0.15, -0.1) is 0 Å². The molecule has 1 N–H and O–H groups in total. The van der Waals surface area contributed by atoms with Crippen molar-refractivity contribution in [1.82, 2.24) is 5.32 Å². The Balaban J connectivity index is 1.84. The van der Waals surface area contributed by atoms with Crippen molar-refractivity contribution in [1.29, 1.82) is 0 Å². The summed E-state index contributed by atoms with van der Waals surface area (Å²) in [6.45, 7) is 0.601. The molecule has 0 radical (unpaired) electrons. The molecule has 24 heavy (non-hydrogen) atoms. The van der Waals surface area contributed by atoms with E-state index in [1.54, 1.807) is 18.2 Å². The van der Waals surface area contributed by atoms with Gasteiger partial charge in [-0.2, -0.15) is 0 Å². The minimum atomic E-state index is -0.169. The Kier molecular flexibility index (Phi) is 6.50. The average molecular weight is 347 g/mol. The first-order valence-corrected chi connectivity index (χ1v) is 8.27. The Hall–Kier alpha value is -2.20. The van der Waals surface area contributed by atoms with Crippen molar-refractivity contribution in [3.05, 3.63) is 58.6 Å². The maximum Gasteiger partial charge on any atom is 0.255 e. The highest BCUT2D eigenvalue weighted by atomic mass is 35.5. The van der Waals surface area contributed by atoms with E-state index in [1.807, 2.05) is 14.1 Å². The number of benzene rings is 2. The summed E-state index contributed by atoms with van der Waals surface area (Å²) in [7, 11) is 5.58. The third-order valence-electron chi connectivity index (χ3n) is 3.79. The zero-order chi connectivity index (χ0) is 17.5. The van der Waals surface area contributed by atoms with E-state index in [0.717, 1.165) is 12.8 Å². The molecule has 2 rings (SSSR count). The molecule has 0 atom stereocenters. The molecule has 2 aromatic rings. The quantitative estimate of drug-likeness (QED) is 0.776. The maximum absolute atomic E-state index is 12.3. The number of nitrogens with zero attached hydrogens (tertiary/aromatic N) is 1. The van der Waals surface area contributed by atoms with Crippen molar-refractivity contribution >= 4 is 23.2 Å². The Morgan fingerprint density at radius 1 is 1.17 bits per heavy atom. The van der Waals surface area contributed by atoms with Gasteiger partial charge in [0.25, 0.3) is 5.91 Å². The van der Waals surface area contributed by atoms with E-state index in [4.69, 9.17) is 16.3 Å². The van der Waals surface area contributed by atoms with Gasteiger partial charge in [-0.05, 0) is 48.7 Å². The van der Waals surface area contributed by atoms with Crippen LogP contribution in [0.1, 0.15) is 22.3 Å². The van der Waals surface area contributed by atoms with Gasteiger partial charge in [0.1, 0.15) is 5.75 Å². The number of halogens is 1. The van der Waals surface area contributed by atoms with Gasteiger partial charge in [-0.25, -0.2) is 0 Å². The highest BCUT2D eigenvalue weighted by molar-refractivity contribution is 6.31.